The van der Waals surface area contributed by atoms with Crippen LogP contribution in [0.4, 0.5) is 0 Å². The molecular weight excluding hydrogens is 154 g/mol. The van der Waals surface area contributed by atoms with Gasteiger partial charge in [0, 0.05) is 6.42 Å². The molecule has 0 unspecified atom stereocenters. The summed E-state index contributed by atoms with van der Waals surface area (Å²) < 4.78 is 5.26. The molecule has 1 aliphatic rings. The SMILES string of the molecule is CCC(=O)N1COC[C@@H]1C(C)C. The van der Waals surface area contributed by atoms with Gasteiger partial charge in [-0.1, -0.05) is 20.8 Å². The summed E-state index contributed by atoms with van der Waals surface area (Å²) in [7, 11) is 0. The largest absolute Gasteiger partial charge is 0.359 e. The van der Waals surface area contributed by atoms with Crippen LogP contribution in [-0.4, -0.2) is 30.2 Å². The molecule has 0 aromatic rings. The minimum absolute atomic E-state index is 0.200. The predicted octanol–water partition coefficient (Wildman–Crippen LogP) is 1.24. The van der Waals surface area contributed by atoms with E-state index >= 15 is 0 Å². The lowest BCUT2D eigenvalue weighted by molar-refractivity contribution is -0.133. The number of nitrogens with zero attached hydrogens (tertiary/aromatic N) is 1. The van der Waals surface area contributed by atoms with Gasteiger partial charge in [0.1, 0.15) is 6.73 Å². The lowest BCUT2D eigenvalue weighted by atomic mass is 10.0. The van der Waals surface area contributed by atoms with E-state index in [0.29, 0.717) is 25.7 Å². The van der Waals surface area contributed by atoms with Crippen LogP contribution >= 0.6 is 0 Å². The predicted molar refractivity (Wildman–Crippen MR) is 46.6 cm³/mol. The third kappa shape index (κ3) is 1.78. The standard InChI is InChI=1S/C9H17NO2/c1-4-9(11)10-6-12-5-8(10)7(2)3/h7-8H,4-6H2,1-3H3/t8-/m1/s1. The fourth-order valence-corrected chi connectivity index (χ4v) is 1.47. The van der Waals surface area contributed by atoms with E-state index < -0.39 is 0 Å². The highest BCUT2D eigenvalue weighted by atomic mass is 16.5. The molecule has 1 atom stereocenters. The molecule has 0 N–H and O–H groups in total. The molecule has 3 nitrogen and oxygen atoms in total. The summed E-state index contributed by atoms with van der Waals surface area (Å²) in [5, 5.41) is 0. The van der Waals surface area contributed by atoms with Gasteiger partial charge < -0.3 is 9.64 Å². The molecule has 70 valence electrons. The first-order chi connectivity index (χ1) is 5.66. The second-order valence-corrected chi connectivity index (χ2v) is 3.53. The molecule has 0 saturated carbocycles. The number of amides is 1. The van der Waals surface area contributed by atoms with Crippen LogP contribution in [0.2, 0.25) is 0 Å². The van der Waals surface area contributed by atoms with E-state index in [1.54, 1.807) is 0 Å². The zero-order chi connectivity index (χ0) is 9.14. The second-order valence-electron chi connectivity index (χ2n) is 3.53. The fourth-order valence-electron chi connectivity index (χ4n) is 1.47. The first kappa shape index (κ1) is 9.52. The van der Waals surface area contributed by atoms with Crippen molar-refractivity contribution in [2.75, 3.05) is 13.3 Å². The minimum Gasteiger partial charge on any atom is -0.359 e. The van der Waals surface area contributed by atoms with Crippen LogP contribution in [0.5, 0.6) is 0 Å². The van der Waals surface area contributed by atoms with Gasteiger partial charge in [0.15, 0.2) is 0 Å². The summed E-state index contributed by atoms with van der Waals surface area (Å²) in [4.78, 5) is 13.2. The number of carbonyl (C=O) groups is 1. The van der Waals surface area contributed by atoms with Gasteiger partial charge >= 0.3 is 0 Å². The Morgan fingerprint density at radius 2 is 2.33 bits per heavy atom. The lowest BCUT2D eigenvalue weighted by Crippen LogP contribution is -2.39. The number of rotatable bonds is 2. The average Bonchev–Trinajstić information content (AvgIpc) is 2.50. The van der Waals surface area contributed by atoms with Gasteiger partial charge in [-0.2, -0.15) is 0 Å². The third-order valence-corrected chi connectivity index (χ3v) is 2.31. The van der Waals surface area contributed by atoms with Crippen LogP contribution in [0, 0.1) is 5.92 Å². The van der Waals surface area contributed by atoms with E-state index in [2.05, 4.69) is 13.8 Å². The molecule has 1 aliphatic heterocycles. The van der Waals surface area contributed by atoms with Crippen molar-refractivity contribution in [2.45, 2.75) is 33.2 Å². The minimum atomic E-state index is 0.200. The van der Waals surface area contributed by atoms with Crippen molar-refractivity contribution in [3.8, 4) is 0 Å². The molecule has 3 heteroatoms. The summed E-state index contributed by atoms with van der Waals surface area (Å²) >= 11 is 0. The Morgan fingerprint density at radius 3 is 2.83 bits per heavy atom. The number of hydrogen-bond acceptors (Lipinski definition) is 2. The molecule has 1 fully saturated rings. The maximum atomic E-state index is 11.4. The molecule has 0 aromatic heterocycles. The molecule has 1 amide bonds. The Labute approximate surface area is 73.7 Å². The fraction of sp³-hybridized carbons (Fsp3) is 0.889. The van der Waals surface area contributed by atoms with E-state index in [9.17, 15) is 4.79 Å². The summed E-state index contributed by atoms with van der Waals surface area (Å²) in [6, 6.07) is 0.289. The van der Waals surface area contributed by atoms with Gasteiger partial charge in [0.25, 0.3) is 0 Å². The quantitative estimate of drug-likeness (QED) is 0.625. The van der Waals surface area contributed by atoms with Crippen LogP contribution in [0.15, 0.2) is 0 Å². The molecule has 0 bridgehead atoms. The van der Waals surface area contributed by atoms with E-state index in [0.717, 1.165) is 0 Å². The van der Waals surface area contributed by atoms with E-state index in [-0.39, 0.29) is 11.9 Å². The van der Waals surface area contributed by atoms with Crippen molar-refractivity contribution >= 4 is 5.91 Å². The van der Waals surface area contributed by atoms with Gasteiger partial charge in [-0.05, 0) is 5.92 Å². The summed E-state index contributed by atoms with van der Waals surface area (Å²) in [6.45, 7) is 7.31. The van der Waals surface area contributed by atoms with Gasteiger partial charge in [0.2, 0.25) is 5.91 Å². The maximum absolute atomic E-state index is 11.4. The molecule has 0 aliphatic carbocycles. The first-order valence-corrected chi connectivity index (χ1v) is 4.54. The van der Waals surface area contributed by atoms with E-state index in [1.807, 2.05) is 11.8 Å². The zero-order valence-corrected chi connectivity index (χ0v) is 8.04. The van der Waals surface area contributed by atoms with Crippen molar-refractivity contribution in [3.63, 3.8) is 0 Å². The monoisotopic (exact) mass is 171 g/mol. The third-order valence-electron chi connectivity index (χ3n) is 2.31. The maximum Gasteiger partial charge on any atom is 0.224 e. The molecule has 0 aromatic carbocycles. The molecule has 1 rings (SSSR count). The molecule has 1 saturated heterocycles. The Hall–Kier alpha value is -0.570. The number of ether oxygens (including phenoxy) is 1. The van der Waals surface area contributed by atoms with Crippen LogP contribution in [-0.2, 0) is 9.53 Å². The smallest absolute Gasteiger partial charge is 0.224 e. The van der Waals surface area contributed by atoms with Crippen LogP contribution in [0.1, 0.15) is 27.2 Å². The molecular formula is C9H17NO2. The normalized spacial score (nSPS) is 23.7. The van der Waals surface area contributed by atoms with Gasteiger partial charge in [0.05, 0.1) is 12.6 Å². The summed E-state index contributed by atoms with van der Waals surface area (Å²) in [5.74, 6) is 0.689. The number of carbonyl (C=O) groups excluding carboxylic acids is 1. The summed E-state index contributed by atoms with van der Waals surface area (Å²) in [6.07, 6.45) is 0.576. The molecule has 0 radical (unpaired) electrons. The topological polar surface area (TPSA) is 29.5 Å². The molecule has 1 heterocycles. The lowest BCUT2D eigenvalue weighted by Gasteiger charge is -2.24. The number of hydrogen-bond donors (Lipinski definition) is 0. The van der Waals surface area contributed by atoms with E-state index in [4.69, 9.17) is 4.74 Å². The Bertz CT molecular complexity index is 168. The second kappa shape index (κ2) is 3.90. The van der Waals surface area contributed by atoms with Crippen LogP contribution in [0.3, 0.4) is 0 Å². The van der Waals surface area contributed by atoms with Gasteiger partial charge in [-0.3, -0.25) is 4.79 Å². The van der Waals surface area contributed by atoms with Crippen molar-refractivity contribution in [2.24, 2.45) is 5.92 Å². The van der Waals surface area contributed by atoms with E-state index in [1.165, 1.54) is 0 Å². The van der Waals surface area contributed by atoms with Gasteiger partial charge in [-0.25, -0.2) is 0 Å². The highest BCUT2D eigenvalue weighted by molar-refractivity contribution is 5.76. The highest BCUT2D eigenvalue weighted by Gasteiger charge is 2.30. The Kier molecular flexibility index (Phi) is 3.09. The average molecular weight is 171 g/mol. The van der Waals surface area contributed by atoms with Crippen LogP contribution < -0.4 is 0 Å². The highest BCUT2D eigenvalue weighted by Crippen LogP contribution is 2.17. The van der Waals surface area contributed by atoms with Crippen LogP contribution in [0.25, 0.3) is 0 Å². The van der Waals surface area contributed by atoms with Crippen molar-refractivity contribution in [1.82, 2.24) is 4.90 Å². The zero-order valence-electron chi connectivity index (χ0n) is 8.04. The Balaban J connectivity index is 2.57. The first-order valence-electron chi connectivity index (χ1n) is 4.54. The van der Waals surface area contributed by atoms with Crippen molar-refractivity contribution in [1.29, 1.82) is 0 Å². The van der Waals surface area contributed by atoms with Gasteiger partial charge in [-0.15, -0.1) is 0 Å². The molecule has 12 heavy (non-hydrogen) atoms. The molecule has 0 spiro atoms. The van der Waals surface area contributed by atoms with Crippen molar-refractivity contribution in [3.05, 3.63) is 0 Å². The van der Waals surface area contributed by atoms with Crippen molar-refractivity contribution < 1.29 is 9.53 Å². The summed E-state index contributed by atoms with van der Waals surface area (Å²) in [5.41, 5.74) is 0. The Morgan fingerprint density at radius 1 is 1.67 bits per heavy atom.